The standard InChI is InChI=1S/C19H30O6/c1-5-11(2)10-12(3)6-7-14-8-9-15(21)17(23)19(14,18(24)25)16(22)13(4)20/h6-9,11-12,14-17,21-23H,5,10H2,1-4H3,(H,24,25)/b7-6+/t11-,12+,14-,15-,16?,17+,19+/m1/s1. The number of aliphatic hydroxyl groups excluding tert-OH is 3. The molecule has 25 heavy (non-hydrogen) atoms. The van der Waals surface area contributed by atoms with E-state index in [1.165, 1.54) is 12.2 Å². The zero-order chi connectivity index (χ0) is 19.4. The Hall–Kier alpha value is -1.50. The minimum Gasteiger partial charge on any atom is -0.481 e. The van der Waals surface area contributed by atoms with E-state index >= 15 is 0 Å². The second-order valence-corrected chi connectivity index (χ2v) is 7.21. The summed E-state index contributed by atoms with van der Waals surface area (Å²) in [5.74, 6) is -2.51. The number of carbonyl (C=O) groups excluding carboxylic acids is 1. The first-order valence-corrected chi connectivity index (χ1v) is 8.73. The predicted molar refractivity (Wildman–Crippen MR) is 93.8 cm³/mol. The van der Waals surface area contributed by atoms with Crippen LogP contribution in [0.1, 0.15) is 40.5 Å². The highest BCUT2D eigenvalue weighted by atomic mass is 16.4. The van der Waals surface area contributed by atoms with Crippen LogP contribution < -0.4 is 0 Å². The first kappa shape index (κ1) is 21.5. The first-order chi connectivity index (χ1) is 11.6. The van der Waals surface area contributed by atoms with Crippen LogP contribution >= 0.6 is 0 Å². The second kappa shape index (κ2) is 8.74. The van der Waals surface area contributed by atoms with Crippen molar-refractivity contribution in [1.82, 2.24) is 0 Å². The summed E-state index contributed by atoms with van der Waals surface area (Å²) in [5.41, 5.74) is -2.22. The molecule has 7 atom stereocenters. The minimum absolute atomic E-state index is 0.174. The van der Waals surface area contributed by atoms with E-state index < -0.39 is 41.4 Å². The molecule has 0 aromatic carbocycles. The van der Waals surface area contributed by atoms with Crippen molar-refractivity contribution < 1.29 is 30.0 Å². The monoisotopic (exact) mass is 354 g/mol. The molecule has 142 valence electrons. The Labute approximate surface area is 148 Å². The number of ketones is 1. The topological polar surface area (TPSA) is 115 Å². The number of carboxylic acid groups (broad SMARTS) is 1. The molecule has 0 bridgehead atoms. The van der Waals surface area contributed by atoms with Crippen molar-refractivity contribution in [3.05, 3.63) is 24.3 Å². The fourth-order valence-electron chi connectivity index (χ4n) is 3.46. The highest BCUT2D eigenvalue weighted by molar-refractivity contribution is 5.90. The van der Waals surface area contributed by atoms with Crippen LogP contribution in [0.3, 0.4) is 0 Å². The second-order valence-electron chi connectivity index (χ2n) is 7.21. The molecule has 0 amide bonds. The number of carboxylic acids is 1. The minimum atomic E-state index is -2.22. The maximum Gasteiger partial charge on any atom is 0.316 e. The molecule has 1 unspecified atom stereocenters. The van der Waals surface area contributed by atoms with E-state index in [0.29, 0.717) is 5.92 Å². The van der Waals surface area contributed by atoms with Gasteiger partial charge in [0, 0.05) is 5.92 Å². The molecule has 0 heterocycles. The molecule has 6 nitrogen and oxygen atoms in total. The summed E-state index contributed by atoms with van der Waals surface area (Å²) >= 11 is 0. The number of hydrogen-bond donors (Lipinski definition) is 4. The number of aliphatic hydroxyl groups is 3. The van der Waals surface area contributed by atoms with Gasteiger partial charge in [0.1, 0.15) is 17.6 Å². The van der Waals surface area contributed by atoms with Crippen LogP contribution in [0.25, 0.3) is 0 Å². The maximum absolute atomic E-state index is 12.0. The molecule has 0 aromatic rings. The summed E-state index contributed by atoms with van der Waals surface area (Å²) in [5, 5.41) is 40.3. The van der Waals surface area contributed by atoms with Gasteiger partial charge in [0.2, 0.25) is 0 Å². The molecule has 0 radical (unpaired) electrons. The van der Waals surface area contributed by atoms with Gasteiger partial charge in [0.05, 0.1) is 6.10 Å². The van der Waals surface area contributed by atoms with Gasteiger partial charge in [-0.3, -0.25) is 9.59 Å². The van der Waals surface area contributed by atoms with Gasteiger partial charge in [0.15, 0.2) is 5.78 Å². The van der Waals surface area contributed by atoms with Gasteiger partial charge in [-0.2, -0.15) is 0 Å². The van der Waals surface area contributed by atoms with Crippen molar-refractivity contribution in [2.24, 2.45) is 23.2 Å². The van der Waals surface area contributed by atoms with Gasteiger partial charge in [-0.15, -0.1) is 0 Å². The Kier molecular flexibility index (Phi) is 7.53. The molecule has 1 rings (SSSR count). The molecule has 6 heteroatoms. The molecule has 0 spiro atoms. The predicted octanol–water partition coefficient (Wildman–Crippen LogP) is 1.54. The number of Topliss-reactive ketones (excluding diaryl/α,β-unsaturated/α-hetero) is 1. The van der Waals surface area contributed by atoms with Crippen LogP contribution in [0, 0.1) is 23.2 Å². The third kappa shape index (κ3) is 4.37. The van der Waals surface area contributed by atoms with E-state index in [0.717, 1.165) is 19.8 Å². The van der Waals surface area contributed by atoms with Gasteiger partial charge < -0.3 is 20.4 Å². The molecule has 0 aliphatic heterocycles. The summed E-state index contributed by atoms with van der Waals surface area (Å²) < 4.78 is 0. The van der Waals surface area contributed by atoms with Gasteiger partial charge in [-0.1, -0.05) is 51.5 Å². The smallest absolute Gasteiger partial charge is 0.316 e. The molecule has 0 fully saturated rings. The van der Waals surface area contributed by atoms with Crippen molar-refractivity contribution in [2.45, 2.75) is 58.8 Å². The van der Waals surface area contributed by atoms with Crippen LogP contribution in [-0.2, 0) is 9.59 Å². The van der Waals surface area contributed by atoms with Gasteiger partial charge >= 0.3 is 5.97 Å². The first-order valence-electron chi connectivity index (χ1n) is 8.73. The third-order valence-electron chi connectivity index (χ3n) is 5.21. The lowest BCUT2D eigenvalue weighted by Crippen LogP contribution is -2.62. The van der Waals surface area contributed by atoms with Crippen molar-refractivity contribution in [1.29, 1.82) is 0 Å². The normalized spacial score (nSPS) is 33.2. The highest BCUT2D eigenvalue weighted by Gasteiger charge is 2.60. The molecule has 0 aromatic heterocycles. The van der Waals surface area contributed by atoms with E-state index in [9.17, 15) is 30.0 Å². The fraction of sp³-hybridized carbons (Fsp3) is 0.684. The van der Waals surface area contributed by atoms with Gasteiger partial charge in [-0.05, 0) is 25.2 Å². The van der Waals surface area contributed by atoms with Crippen LogP contribution in [-0.4, -0.2) is 50.5 Å². The average molecular weight is 354 g/mol. The molecule has 0 saturated heterocycles. The van der Waals surface area contributed by atoms with Crippen LogP contribution in [0.15, 0.2) is 24.3 Å². The van der Waals surface area contributed by atoms with E-state index in [-0.39, 0.29) is 5.92 Å². The number of allylic oxidation sites excluding steroid dienone is 3. The van der Waals surface area contributed by atoms with Gasteiger partial charge in [-0.25, -0.2) is 0 Å². The lowest BCUT2D eigenvalue weighted by atomic mass is 9.62. The summed E-state index contributed by atoms with van der Waals surface area (Å²) in [7, 11) is 0. The van der Waals surface area contributed by atoms with Crippen LogP contribution in [0.4, 0.5) is 0 Å². The van der Waals surface area contributed by atoms with Crippen LogP contribution in [0.5, 0.6) is 0 Å². The van der Waals surface area contributed by atoms with Crippen molar-refractivity contribution >= 4 is 11.8 Å². The lowest BCUT2D eigenvalue weighted by Gasteiger charge is -2.44. The summed E-state index contributed by atoms with van der Waals surface area (Å²) in [6.07, 6.45) is 2.95. The lowest BCUT2D eigenvalue weighted by molar-refractivity contribution is -0.185. The summed E-state index contributed by atoms with van der Waals surface area (Å²) in [6.45, 7) is 7.30. The Morgan fingerprint density at radius 3 is 2.32 bits per heavy atom. The Morgan fingerprint density at radius 1 is 1.24 bits per heavy atom. The highest BCUT2D eigenvalue weighted by Crippen LogP contribution is 2.43. The van der Waals surface area contributed by atoms with Crippen LogP contribution in [0.2, 0.25) is 0 Å². The quantitative estimate of drug-likeness (QED) is 0.492. The van der Waals surface area contributed by atoms with E-state index in [1.807, 2.05) is 13.0 Å². The molecular formula is C19H30O6. The van der Waals surface area contributed by atoms with Gasteiger partial charge in [0.25, 0.3) is 0 Å². The zero-order valence-electron chi connectivity index (χ0n) is 15.3. The Morgan fingerprint density at radius 2 is 1.84 bits per heavy atom. The summed E-state index contributed by atoms with van der Waals surface area (Å²) in [6, 6.07) is 0. The van der Waals surface area contributed by atoms with Crippen molar-refractivity contribution in [2.75, 3.05) is 0 Å². The fourth-order valence-corrected chi connectivity index (χ4v) is 3.46. The maximum atomic E-state index is 12.0. The Bertz CT molecular complexity index is 540. The van der Waals surface area contributed by atoms with E-state index in [2.05, 4.69) is 13.8 Å². The SMILES string of the molecule is CC[C@@H](C)C[C@@H](C)/C=C/[C@@H]1C=C[C@@H](O)[C@H](O)[C@@]1(C(=O)O)C(O)C(C)=O. The largest absolute Gasteiger partial charge is 0.481 e. The molecule has 1 aliphatic rings. The number of carbonyl (C=O) groups is 2. The Balaban J connectivity index is 3.26. The molecular weight excluding hydrogens is 324 g/mol. The third-order valence-corrected chi connectivity index (χ3v) is 5.21. The zero-order valence-corrected chi connectivity index (χ0v) is 15.3. The van der Waals surface area contributed by atoms with Crippen molar-refractivity contribution in [3.8, 4) is 0 Å². The van der Waals surface area contributed by atoms with Crippen molar-refractivity contribution in [3.63, 3.8) is 0 Å². The molecule has 1 aliphatic carbocycles. The molecule has 0 saturated carbocycles. The van der Waals surface area contributed by atoms with E-state index in [1.54, 1.807) is 6.08 Å². The van der Waals surface area contributed by atoms with E-state index in [4.69, 9.17) is 0 Å². The summed E-state index contributed by atoms with van der Waals surface area (Å²) in [4.78, 5) is 23.7. The number of rotatable bonds is 8. The average Bonchev–Trinajstić information content (AvgIpc) is 2.54. The number of hydrogen-bond acceptors (Lipinski definition) is 5. The number of aliphatic carboxylic acids is 1. The molecule has 4 N–H and O–H groups in total.